The van der Waals surface area contributed by atoms with Crippen molar-refractivity contribution in [2.75, 3.05) is 6.61 Å². The van der Waals surface area contributed by atoms with Crippen LogP contribution in [0.2, 0.25) is 0 Å². The maximum atomic E-state index is 5.68. The molecule has 1 saturated heterocycles. The Morgan fingerprint density at radius 1 is 1.22 bits per heavy atom. The Bertz CT molecular complexity index is 219. The molecule has 0 aromatic heterocycles. The summed E-state index contributed by atoms with van der Waals surface area (Å²) in [6.07, 6.45) is 7.49. The Hall–Kier alpha value is -0.0800. The molecule has 0 aromatic carbocycles. The zero-order valence-electron chi connectivity index (χ0n) is 13.0. The SMILES string of the molecule is CCC(CC(C)(CC)C1CCCCOO1)C(C)C. The van der Waals surface area contributed by atoms with E-state index in [2.05, 4.69) is 34.6 Å². The maximum absolute atomic E-state index is 5.68. The number of rotatable bonds is 6. The summed E-state index contributed by atoms with van der Waals surface area (Å²) in [4.78, 5) is 11.0. The molecule has 0 saturated carbocycles. The van der Waals surface area contributed by atoms with Gasteiger partial charge in [0, 0.05) is 0 Å². The highest BCUT2D eigenvalue weighted by Crippen LogP contribution is 2.41. The zero-order valence-corrected chi connectivity index (χ0v) is 13.0. The van der Waals surface area contributed by atoms with Crippen molar-refractivity contribution in [2.45, 2.75) is 79.2 Å². The highest BCUT2D eigenvalue weighted by atomic mass is 17.2. The van der Waals surface area contributed by atoms with Crippen LogP contribution in [0.25, 0.3) is 0 Å². The van der Waals surface area contributed by atoms with Crippen LogP contribution in [0.15, 0.2) is 0 Å². The van der Waals surface area contributed by atoms with Crippen LogP contribution in [0.5, 0.6) is 0 Å². The van der Waals surface area contributed by atoms with Crippen molar-refractivity contribution < 1.29 is 9.78 Å². The third-order valence-corrected chi connectivity index (χ3v) is 4.91. The Morgan fingerprint density at radius 2 is 1.94 bits per heavy atom. The first-order valence-corrected chi connectivity index (χ1v) is 7.81. The highest BCUT2D eigenvalue weighted by Gasteiger charge is 2.37. The molecule has 3 unspecified atom stereocenters. The van der Waals surface area contributed by atoms with Crippen molar-refractivity contribution in [1.29, 1.82) is 0 Å². The predicted octanol–water partition coefficient (Wildman–Crippen LogP) is 4.98. The van der Waals surface area contributed by atoms with Gasteiger partial charge in [-0.05, 0) is 49.4 Å². The van der Waals surface area contributed by atoms with Gasteiger partial charge in [0.25, 0.3) is 0 Å². The Kier molecular flexibility index (Phi) is 6.65. The molecule has 2 heteroatoms. The third-order valence-electron chi connectivity index (χ3n) is 4.91. The fraction of sp³-hybridized carbons (Fsp3) is 1.00. The van der Waals surface area contributed by atoms with Crippen LogP contribution in [0.1, 0.15) is 73.1 Å². The van der Waals surface area contributed by atoms with E-state index in [9.17, 15) is 0 Å². The maximum Gasteiger partial charge on any atom is 0.0983 e. The van der Waals surface area contributed by atoms with Crippen molar-refractivity contribution >= 4 is 0 Å². The molecule has 0 N–H and O–H groups in total. The van der Waals surface area contributed by atoms with Crippen molar-refractivity contribution in [3.8, 4) is 0 Å². The Balaban J connectivity index is 2.69. The molecular weight excluding hydrogens is 224 g/mol. The zero-order chi connectivity index (χ0) is 13.6. The van der Waals surface area contributed by atoms with Crippen LogP contribution in [0.3, 0.4) is 0 Å². The smallest absolute Gasteiger partial charge is 0.0983 e. The first kappa shape index (κ1) is 16.0. The summed E-state index contributed by atoms with van der Waals surface area (Å²) < 4.78 is 0. The molecule has 0 radical (unpaired) electrons. The Labute approximate surface area is 113 Å². The molecule has 0 amide bonds. The lowest BCUT2D eigenvalue weighted by atomic mass is 9.70. The molecule has 0 spiro atoms. The normalized spacial score (nSPS) is 26.7. The van der Waals surface area contributed by atoms with Crippen LogP contribution >= 0.6 is 0 Å². The van der Waals surface area contributed by atoms with Crippen molar-refractivity contribution in [3.63, 3.8) is 0 Å². The molecule has 3 atom stereocenters. The van der Waals surface area contributed by atoms with Gasteiger partial charge >= 0.3 is 0 Å². The average Bonchev–Trinajstić information content (AvgIpc) is 2.64. The van der Waals surface area contributed by atoms with Gasteiger partial charge in [0.05, 0.1) is 12.7 Å². The average molecular weight is 256 g/mol. The summed E-state index contributed by atoms with van der Waals surface area (Å²) in [5.74, 6) is 1.55. The van der Waals surface area contributed by atoms with E-state index in [4.69, 9.17) is 9.78 Å². The van der Waals surface area contributed by atoms with Crippen molar-refractivity contribution in [1.82, 2.24) is 0 Å². The second kappa shape index (κ2) is 7.49. The molecule has 1 aliphatic rings. The van der Waals surface area contributed by atoms with Gasteiger partial charge in [0.15, 0.2) is 0 Å². The van der Waals surface area contributed by atoms with Gasteiger partial charge < -0.3 is 0 Å². The molecule has 108 valence electrons. The molecule has 1 aliphatic heterocycles. The van der Waals surface area contributed by atoms with Gasteiger partial charge in [-0.1, -0.05) is 41.0 Å². The number of hydrogen-bond donors (Lipinski definition) is 0. The largest absolute Gasteiger partial charge is 0.236 e. The molecule has 1 rings (SSSR count). The van der Waals surface area contributed by atoms with E-state index in [1.54, 1.807) is 0 Å². The van der Waals surface area contributed by atoms with Gasteiger partial charge in [-0.3, -0.25) is 0 Å². The molecule has 0 aromatic rings. The van der Waals surface area contributed by atoms with E-state index < -0.39 is 0 Å². The fourth-order valence-corrected chi connectivity index (χ4v) is 3.09. The fourth-order valence-electron chi connectivity index (χ4n) is 3.09. The van der Waals surface area contributed by atoms with Crippen molar-refractivity contribution in [3.05, 3.63) is 0 Å². The molecular formula is C16H32O2. The van der Waals surface area contributed by atoms with Gasteiger partial charge in [-0.15, -0.1) is 0 Å². The van der Waals surface area contributed by atoms with E-state index >= 15 is 0 Å². The van der Waals surface area contributed by atoms with Crippen molar-refractivity contribution in [2.24, 2.45) is 17.3 Å². The summed E-state index contributed by atoms with van der Waals surface area (Å²) in [6, 6.07) is 0. The van der Waals surface area contributed by atoms with Gasteiger partial charge in [-0.2, -0.15) is 0 Å². The summed E-state index contributed by atoms with van der Waals surface area (Å²) in [7, 11) is 0. The van der Waals surface area contributed by atoms with Crippen LogP contribution in [0, 0.1) is 17.3 Å². The van der Waals surface area contributed by atoms with E-state index in [0.29, 0.717) is 0 Å². The third kappa shape index (κ3) is 4.24. The molecule has 1 fully saturated rings. The second-order valence-electron chi connectivity index (χ2n) is 6.53. The van der Waals surface area contributed by atoms with Gasteiger partial charge in [0.1, 0.15) is 0 Å². The summed E-state index contributed by atoms with van der Waals surface area (Å²) in [6.45, 7) is 12.4. The summed E-state index contributed by atoms with van der Waals surface area (Å²) in [5, 5.41) is 0. The summed E-state index contributed by atoms with van der Waals surface area (Å²) >= 11 is 0. The van der Waals surface area contributed by atoms with Gasteiger partial charge in [0.2, 0.25) is 0 Å². The van der Waals surface area contributed by atoms with Crippen LogP contribution < -0.4 is 0 Å². The molecule has 2 nitrogen and oxygen atoms in total. The highest BCUT2D eigenvalue weighted by molar-refractivity contribution is 4.85. The molecule has 18 heavy (non-hydrogen) atoms. The topological polar surface area (TPSA) is 18.5 Å². The van der Waals surface area contributed by atoms with Crippen LogP contribution in [-0.2, 0) is 9.78 Å². The first-order chi connectivity index (χ1) is 8.53. The lowest BCUT2D eigenvalue weighted by Gasteiger charge is -2.39. The summed E-state index contributed by atoms with van der Waals surface area (Å²) in [5.41, 5.74) is 0.259. The minimum Gasteiger partial charge on any atom is -0.236 e. The van der Waals surface area contributed by atoms with Crippen LogP contribution in [0.4, 0.5) is 0 Å². The molecule has 1 heterocycles. The lowest BCUT2D eigenvalue weighted by Crippen LogP contribution is -2.36. The van der Waals surface area contributed by atoms with E-state index in [1.165, 1.54) is 25.7 Å². The van der Waals surface area contributed by atoms with E-state index in [1.807, 2.05) is 0 Å². The minimum absolute atomic E-state index is 0.259. The molecule has 0 aliphatic carbocycles. The monoisotopic (exact) mass is 256 g/mol. The standard InChI is InChI=1S/C16H32O2/c1-6-14(13(3)4)12-16(5,7-2)15-10-8-9-11-17-18-15/h13-15H,6-12H2,1-5H3. The number of hydrogen-bond acceptors (Lipinski definition) is 2. The lowest BCUT2D eigenvalue weighted by molar-refractivity contribution is -0.338. The van der Waals surface area contributed by atoms with E-state index in [-0.39, 0.29) is 11.5 Å². The quantitative estimate of drug-likeness (QED) is 0.624. The first-order valence-electron chi connectivity index (χ1n) is 7.81. The van der Waals surface area contributed by atoms with E-state index in [0.717, 1.165) is 31.3 Å². The predicted molar refractivity (Wildman–Crippen MR) is 76.3 cm³/mol. The van der Waals surface area contributed by atoms with Crippen LogP contribution in [-0.4, -0.2) is 12.7 Å². The van der Waals surface area contributed by atoms with Gasteiger partial charge in [-0.25, -0.2) is 9.78 Å². The minimum atomic E-state index is 0.259. The molecule has 0 bridgehead atoms. The Morgan fingerprint density at radius 3 is 2.50 bits per heavy atom. The second-order valence-corrected chi connectivity index (χ2v) is 6.53.